The number of hydrogen-bond donors (Lipinski definition) is 2. The first-order valence-corrected chi connectivity index (χ1v) is 10.4. The molecule has 1 aromatic carbocycles. The van der Waals surface area contributed by atoms with E-state index in [1.165, 1.54) is 12.8 Å². The van der Waals surface area contributed by atoms with Crippen molar-refractivity contribution < 1.29 is 14.3 Å². The van der Waals surface area contributed by atoms with Gasteiger partial charge in [0.15, 0.2) is 0 Å². The first-order chi connectivity index (χ1) is 14.1. The first kappa shape index (κ1) is 19.4. The maximum atomic E-state index is 12.4. The Morgan fingerprint density at radius 3 is 2.55 bits per heavy atom. The summed E-state index contributed by atoms with van der Waals surface area (Å²) in [5.74, 6) is 1.11. The average molecular weight is 393 g/mol. The lowest BCUT2D eigenvalue weighted by Gasteiger charge is -2.13. The van der Waals surface area contributed by atoms with Crippen molar-refractivity contribution in [3.05, 3.63) is 53.7 Å². The fourth-order valence-corrected chi connectivity index (χ4v) is 3.71. The molecule has 2 aliphatic carbocycles. The van der Waals surface area contributed by atoms with Crippen LogP contribution in [-0.4, -0.2) is 22.9 Å². The molecule has 152 valence electrons. The van der Waals surface area contributed by atoms with Crippen LogP contribution in [0.1, 0.15) is 54.9 Å². The second kappa shape index (κ2) is 8.64. The number of anilines is 1. The molecular weight excluding hydrogens is 366 g/mol. The van der Waals surface area contributed by atoms with E-state index < -0.39 is 0 Å². The second-order valence-electron chi connectivity index (χ2n) is 8.10. The van der Waals surface area contributed by atoms with Gasteiger partial charge in [-0.15, -0.1) is 0 Å². The van der Waals surface area contributed by atoms with E-state index in [9.17, 15) is 9.59 Å². The zero-order valence-electron chi connectivity index (χ0n) is 16.7. The van der Waals surface area contributed by atoms with Crippen LogP contribution >= 0.6 is 0 Å². The number of benzene rings is 1. The molecule has 1 heterocycles. The quantitative estimate of drug-likeness (QED) is 0.747. The van der Waals surface area contributed by atoms with Gasteiger partial charge in [-0.1, -0.05) is 6.92 Å². The fraction of sp³-hybridized carbons (Fsp3) is 0.435. The maximum Gasteiger partial charge on any atom is 0.251 e. The largest absolute Gasteiger partial charge is 0.474 e. The molecule has 0 spiro atoms. The average Bonchev–Trinajstić information content (AvgIpc) is 3.24. The highest BCUT2D eigenvalue weighted by atomic mass is 16.5. The highest BCUT2D eigenvalue weighted by Crippen LogP contribution is 2.38. The van der Waals surface area contributed by atoms with Gasteiger partial charge in [-0.25, -0.2) is 4.98 Å². The van der Waals surface area contributed by atoms with Gasteiger partial charge in [0.1, 0.15) is 6.10 Å². The van der Waals surface area contributed by atoms with Gasteiger partial charge in [-0.3, -0.25) is 9.59 Å². The predicted octanol–water partition coefficient (Wildman–Crippen LogP) is 3.93. The molecular formula is C23H27N3O3. The smallest absolute Gasteiger partial charge is 0.251 e. The summed E-state index contributed by atoms with van der Waals surface area (Å²) >= 11 is 0. The van der Waals surface area contributed by atoms with Gasteiger partial charge in [0.2, 0.25) is 11.8 Å². The molecule has 0 bridgehead atoms. The number of rotatable bonds is 7. The number of hydrogen-bond acceptors (Lipinski definition) is 4. The zero-order chi connectivity index (χ0) is 20.2. The molecule has 0 radical (unpaired) electrons. The summed E-state index contributed by atoms with van der Waals surface area (Å²) in [6.07, 6.45) is 7.51. The molecule has 2 atom stereocenters. The third kappa shape index (κ3) is 5.13. The van der Waals surface area contributed by atoms with Crippen LogP contribution in [-0.2, 0) is 11.3 Å². The number of amides is 2. The van der Waals surface area contributed by atoms with Crippen LogP contribution < -0.4 is 15.4 Å². The van der Waals surface area contributed by atoms with Gasteiger partial charge < -0.3 is 15.4 Å². The molecule has 2 N–H and O–H groups in total. The molecule has 2 aliphatic rings. The Hall–Kier alpha value is -2.89. The Morgan fingerprint density at radius 1 is 1.14 bits per heavy atom. The lowest BCUT2D eigenvalue weighted by atomic mass is 10.1. The number of carbonyl (C=O) groups is 2. The van der Waals surface area contributed by atoms with Crippen LogP contribution in [0.4, 0.5) is 5.69 Å². The Labute approximate surface area is 171 Å². The van der Waals surface area contributed by atoms with E-state index in [1.54, 1.807) is 30.5 Å². The summed E-state index contributed by atoms with van der Waals surface area (Å²) in [6.45, 7) is 2.48. The van der Waals surface area contributed by atoms with Crippen molar-refractivity contribution in [2.45, 2.75) is 51.7 Å². The number of ether oxygens (including phenoxy) is 1. The molecule has 0 aliphatic heterocycles. The summed E-state index contributed by atoms with van der Waals surface area (Å²) in [5.41, 5.74) is 2.22. The predicted molar refractivity (Wildman–Crippen MR) is 111 cm³/mol. The lowest BCUT2D eigenvalue weighted by Crippen LogP contribution is -2.23. The molecule has 2 saturated carbocycles. The van der Waals surface area contributed by atoms with Crippen molar-refractivity contribution in [2.75, 3.05) is 5.32 Å². The van der Waals surface area contributed by atoms with E-state index in [-0.39, 0.29) is 23.8 Å². The molecule has 0 saturated heterocycles. The number of pyridine rings is 1. The van der Waals surface area contributed by atoms with E-state index in [0.29, 0.717) is 29.6 Å². The third-order valence-electron chi connectivity index (χ3n) is 5.70. The van der Waals surface area contributed by atoms with Gasteiger partial charge in [-0.05, 0) is 73.9 Å². The number of nitrogens with one attached hydrogen (secondary N) is 2. The summed E-state index contributed by atoms with van der Waals surface area (Å²) in [4.78, 5) is 28.7. The Kier molecular flexibility index (Phi) is 5.79. The van der Waals surface area contributed by atoms with Gasteiger partial charge in [-0.2, -0.15) is 0 Å². The van der Waals surface area contributed by atoms with Crippen molar-refractivity contribution in [3.8, 4) is 5.88 Å². The lowest BCUT2D eigenvalue weighted by molar-refractivity contribution is -0.117. The zero-order valence-corrected chi connectivity index (χ0v) is 16.7. The minimum atomic E-state index is -0.159. The fourth-order valence-electron chi connectivity index (χ4n) is 3.71. The van der Waals surface area contributed by atoms with Crippen molar-refractivity contribution in [1.29, 1.82) is 0 Å². The Bertz CT molecular complexity index is 875. The third-order valence-corrected chi connectivity index (χ3v) is 5.70. The van der Waals surface area contributed by atoms with Crippen molar-refractivity contribution >= 4 is 17.5 Å². The summed E-state index contributed by atoms with van der Waals surface area (Å²) in [6, 6.07) is 10.7. The minimum absolute atomic E-state index is 0.0583. The van der Waals surface area contributed by atoms with Crippen LogP contribution in [0.5, 0.6) is 5.88 Å². The van der Waals surface area contributed by atoms with E-state index in [1.807, 2.05) is 12.1 Å². The Balaban J connectivity index is 1.28. The molecule has 29 heavy (non-hydrogen) atoms. The summed E-state index contributed by atoms with van der Waals surface area (Å²) in [5, 5.41) is 5.82. The highest BCUT2D eigenvalue weighted by Gasteiger charge is 2.39. The summed E-state index contributed by atoms with van der Waals surface area (Å²) < 4.78 is 5.92. The van der Waals surface area contributed by atoms with E-state index in [0.717, 1.165) is 24.8 Å². The van der Waals surface area contributed by atoms with Crippen LogP contribution in [0.15, 0.2) is 42.6 Å². The molecule has 1 aromatic heterocycles. The van der Waals surface area contributed by atoms with Gasteiger partial charge in [0, 0.05) is 36.0 Å². The first-order valence-electron chi connectivity index (χ1n) is 10.4. The van der Waals surface area contributed by atoms with Gasteiger partial charge in [0.05, 0.1) is 0 Å². The maximum absolute atomic E-state index is 12.4. The number of carbonyl (C=O) groups excluding carboxylic acids is 2. The molecule has 2 aromatic rings. The number of nitrogens with zero attached hydrogens (tertiary/aromatic N) is 1. The van der Waals surface area contributed by atoms with E-state index in [2.05, 4.69) is 22.5 Å². The molecule has 2 fully saturated rings. The van der Waals surface area contributed by atoms with Crippen molar-refractivity contribution in [1.82, 2.24) is 10.3 Å². The monoisotopic (exact) mass is 393 g/mol. The van der Waals surface area contributed by atoms with Crippen molar-refractivity contribution in [3.63, 3.8) is 0 Å². The normalized spacial score (nSPS) is 20.9. The molecule has 4 rings (SSSR count). The van der Waals surface area contributed by atoms with Crippen LogP contribution in [0.2, 0.25) is 0 Å². The molecule has 6 nitrogen and oxygen atoms in total. The molecule has 2 unspecified atom stereocenters. The van der Waals surface area contributed by atoms with Crippen LogP contribution in [0.25, 0.3) is 0 Å². The Morgan fingerprint density at radius 2 is 1.86 bits per heavy atom. The molecule has 2 amide bonds. The van der Waals surface area contributed by atoms with E-state index in [4.69, 9.17) is 4.74 Å². The highest BCUT2D eigenvalue weighted by molar-refractivity contribution is 5.96. The van der Waals surface area contributed by atoms with Gasteiger partial charge in [0.25, 0.3) is 5.91 Å². The molecule has 6 heteroatoms. The summed E-state index contributed by atoms with van der Waals surface area (Å²) in [7, 11) is 0. The van der Waals surface area contributed by atoms with E-state index >= 15 is 0 Å². The van der Waals surface area contributed by atoms with Crippen molar-refractivity contribution in [2.24, 2.45) is 11.8 Å². The topological polar surface area (TPSA) is 80.3 Å². The van der Waals surface area contributed by atoms with Gasteiger partial charge >= 0.3 is 0 Å². The second-order valence-corrected chi connectivity index (χ2v) is 8.10. The standard InChI is InChI=1S/C23H27N3O3/c1-15-12-20(15)23(28)26-18-8-6-17(7-9-18)22(27)25-14-16-10-11-24-21(13-16)29-19-4-2-3-5-19/h6-11,13,15,19-20H,2-5,12,14H2,1H3,(H,25,27)(H,26,28). The number of aromatic nitrogens is 1. The van der Waals surface area contributed by atoms with Crippen LogP contribution in [0, 0.1) is 11.8 Å². The van der Waals surface area contributed by atoms with Crippen LogP contribution in [0.3, 0.4) is 0 Å². The minimum Gasteiger partial charge on any atom is -0.474 e. The SMILES string of the molecule is CC1CC1C(=O)Nc1ccc(C(=O)NCc2ccnc(OC3CCCC3)c2)cc1.